The Bertz CT molecular complexity index is 1120. The maximum atomic E-state index is 13.7. The monoisotopic (exact) mass is 476 g/mol. The van der Waals surface area contributed by atoms with Gasteiger partial charge in [0.25, 0.3) is 10.0 Å². The van der Waals surface area contributed by atoms with Crippen molar-refractivity contribution in [1.82, 2.24) is 0 Å². The Balaban J connectivity index is 2.00. The number of anilines is 2. The van der Waals surface area contributed by atoms with Crippen molar-refractivity contribution in [1.29, 1.82) is 0 Å². The number of nitrogen functional groups attached to an aromatic ring is 1. The van der Waals surface area contributed by atoms with Crippen LogP contribution in [0.2, 0.25) is 0 Å². The van der Waals surface area contributed by atoms with Crippen LogP contribution in [-0.4, -0.2) is 33.6 Å². The number of ether oxygens (including phenoxy) is 2. The van der Waals surface area contributed by atoms with Crippen molar-refractivity contribution in [2.45, 2.75) is 36.9 Å². The summed E-state index contributed by atoms with van der Waals surface area (Å²) >= 11 is 0. The molecule has 2 aromatic carbocycles. The summed E-state index contributed by atoms with van der Waals surface area (Å²) in [6, 6.07) is 5.67. The fraction of sp³-hybridized carbons (Fsp3) is 0.350. The van der Waals surface area contributed by atoms with Crippen LogP contribution in [0.3, 0.4) is 0 Å². The maximum absolute atomic E-state index is 13.7. The zero-order chi connectivity index (χ0) is 23.7. The highest BCUT2D eigenvalue weighted by molar-refractivity contribution is 7.92. The molecule has 3 rings (SSSR count). The van der Waals surface area contributed by atoms with Gasteiger partial charge in [0, 0.05) is 12.1 Å². The maximum Gasteiger partial charge on any atom is 0.419 e. The first-order chi connectivity index (χ1) is 14.9. The SMILES string of the molecule is CCOC(=O)CC[C@H]1CN(S(=O)(=O)c2ccc(F)c(C(F)(F)F)c2)c2cc(N)ccc2O1. The van der Waals surface area contributed by atoms with Crippen molar-refractivity contribution >= 4 is 27.4 Å². The van der Waals surface area contributed by atoms with Gasteiger partial charge in [-0.15, -0.1) is 0 Å². The van der Waals surface area contributed by atoms with Gasteiger partial charge in [-0.05, 0) is 49.7 Å². The van der Waals surface area contributed by atoms with Gasteiger partial charge in [0.05, 0.1) is 29.3 Å². The molecule has 174 valence electrons. The van der Waals surface area contributed by atoms with Crippen molar-refractivity contribution < 1.29 is 40.2 Å². The lowest BCUT2D eigenvalue weighted by molar-refractivity contribution is -0.143. The van der Waals surface area contributed by atoms with E-state index in [-0.39, 0.29) is 49.2 Å². The number of hydrogen-bond donors (Lipinski definition) is 1. The van der Waals surface area contributed by atoms with E-state index in [9.17, 15) is 30.8 Å². The summed E-state index contributed by atoms with van der Waals surface area (Å²) in [5.74, 6) is -1.96. The molecule has 1 aliphatic heterocycles. The molecule has 0 bridgehead atoms. The Morgan fingerprint density at radius 2 is 1.97 bits per heavy atom. The number of halogens is 4. The fourth-order valence-electron chi connectivity index (χ4n) is 3.23. The highest BCUT2D eigenvalue weighted by Crippen LogP contribution is 2.40. The molecular weight excluding hydrogens is 456 g/mol. The molecule has 0 fully saturated rings. The summed E-state index contributed by atoms with van der Waals surface area (Å²) in [4.78, 5) is 10.9. The van der Waals surface area contributed by atoms with Gasteiger partial charge in [-0.3, -0.25) is 9.10 Å². The van der Waals surface area contributed by atoms with Crippen LogP contribution in [0.4, 0.5) is 28.9 Å². The number of nitrogens with two attached hydrogens (primary N) is 1. The third kappa shape index (κ3) is 4.90. The van der Waals surface area contributed by atoms with Gasteiger partial charge >= 0.3 is 12.1 Å². The molecule has 0 saturated heterocycles. The van der Waals surface area contributed by atoms with E-state index in [0.29, 0.717) is 6.07 Å². The van der Waals surface area contributed by atoms with Crippen LogP contribution in [0.1, 0.15) is 25.3 Å². The van der Waals surface area contributed by atoms with Crippen molar-refractivity contribution in [3.63, 3.8) is 0 Å². The number of carbonyl (C=O) groups excluding carboxylic acids is 1. The van der Waals surface area contributed by atoms with Crippen molar-refractivity contribution in [3.8, 4) is 5.75 Å². The number of sulfonamides is 1. The highest BCUT2D eigenvalue weighted by atomic mass is 32.2. The predicted molar refractivity (Wildman–Crippen MR) is 107 cm³/mol. The topological polar surface area (TPSA) is 98.9 Å². The Morgan fingerprint density at radius 1 is 1.25 bits per heavy atom. The number of rotatable bonds is 6. The number of carbonyl (C=O) groups is 1. The van der Waals surface area contributed by atoms with Crippen LogP contribution in [0.25, 0.3) is 0 Å². The Morgan fingerprint density at radius 3 is 2.62 bits per heavy atom. The van der Waals surface area contributed by atoms with Crippen LogP contribution in [-0.2, 0) is 25.7 Å². The number of esters is 1. The second-order valence-electron chi connectivity index (χ2n) is 6.99. The third-order valence-corrected chi connectivity index (χ3v) is 6.50. The molecule has 0 spiro atoms. The predicted octanol–water partition coefficient (Wildman–Crippen LogP) is 3.73. The van der Waals surface area contributed by atoms with Gasteiger partial charge in [0.15, 0.2) is 0 Å². The van der Waals surface area contributed by atoms with E-state index in [1.165, 1.54) is 18.2 Å². The van der Waals surface area contributed by atoms with Gasteiger partial charge in [0.2, 0.25) is 0 Å². The molecule has 0 aliphatic carbocycles. The summed E-state index contributed by atoms with van der Waals surface area (Å²) in [5, 5.41) is 0. The average Bonchev–Trinajstić information content (AvgIpc) is 2.71. The highest BCUT2D eigenvalue weighted by Gasteiger charge is 2.38. The van der Waals surface area contributed by atoms with Crippen LogP contribution in [0.15, 0.2) is 41.3 Å². The van der Waals surface area contributed by atoms with E-state index >= 15 is 0 Å². The molecule has 1 atom stereocenters. The molecule has 2 N–H and O–H groups in total. The van der Waals surface area contributed by atoms with E-state index in [1.54, 1.807) is 6.92 Å². The van der Waals surface area contributed by atoms with E-state index in [1.807, 2.05) is 0 Å². The van der Waals surface area contributed by atoms with E-state index in [4.69, 9.17) is 15.2 Å². The molecule has 0 aromatic heterocycles. The number of benzene rings is 2. The molecular formula is C20H20F4N2O5S. The van der Waals surface area contributed by atoms with Crippen molar-refractivity contribution in [2.75, 3.05) is 23.2 Å². The van der Waals surface area contributed by atoms with Gasteiger partial charge in [-0.1, -0.05) is 0 Å². The zero-order valence-electron chi connectivity index (χ0n) is 16.9. The van der Waals surface area contributed by atoms with E-state index in [0.717, 1.165) is 10.4 Å². The van der Waals surface area contributed by atoms with Crippen LogP contribution in [0.5, 0.6) is 5.75 Å². The number of fused-ring (bicyclic) bond motifs is 1. The van der Waals surface area contributed by atoms with Crippen LogP contribution < -0.4 is 14.8 Å². The summed E-state index contributed by atoms with van der Waals surface area (Å²) in [7, 11) is -4.56. The van der Waals surface area contributed by atoms with Gasteiger partial charge in [0.1, 0.15) is 17.7 Å². The molecule has 1 heterocycles. The molecule has 1 aliphatic rings. The van der Waals surface area contributed by atoms with Gasteiger partial charge in [-0.2, -0.15) is 13.2 Å². The lowest BCUT2D eigenvalue weighted by Crippen LogP contribution is -2.43. The number of hydrogen-bond acceptors (Lipinski definition) is 6. The Labute approximate surface area is 181 Å². The third-order valence-electron chi connectivity index (χ3n) is 4.72. The van der Waals surface area contributed by atoms with E-state index in [2.05, 4.69) is 0 Å². The van der Waals surface area contributed by atoms with Crippen molar-refractivity contribution in [2.24, 2.45) is 0 Å². The zero-order valence-corrected chi connectivity index (χ0v) is 17.7. The first-order valence-electron chi connectivity index (χ1n) is 9.54. The fourth-order valence-corrected chi connectivity index (χ4v) is 4.75. The molecule has 32 heavy (non-hydrogen) atoms. The summed E-state index contributed by atoms with van der Waals surface area (Å²) in [6.45, 7) is 1.53. The minimum Gasteiger partial charge on any atom is -0.486 e. The number of alkyl halides is 3. The quantitative estimate of drug-likeness (QED) is 0.388. The van der Waals surface area contributed by atoms with Crippen LogP contribution >= 0.6 is 0 Å². The minimum atomic E-state index is -5.08. The summed E-state index contributed by atoms with van der Waals surface area (Å²) in [5.41, 5.74) is 4.29. The van der Waals surface area contributed by atoms with Gasteiger partial charge in [-0.25, -0.2) is 12.8 Å². The Hall–Kier alpha value is -3.02. The number of nitrogens with zero attached hydrogens (tertiary/aromatic N) is 1. The second-order valence-corrected chi connectivity index (χ2v) is 8.85. The lowest BCUT2D eigenvalue weighted by Gasteiger charge is -2.35. The average molecular weight is 476 g/mol. The normalized spacial score (nSPS) is 16.3. The Kier molecular flexibility index (Phi) is 6.54. The lowest BCUT2D eigenvalue weighted by atomic mass is 10.1. The summed E-state index contributed by atoms with van der Waals surface area (Å²) < 4.78 is 91.1. The second kappa shape index (κ2) is 8.85. The first kappa shape index (κ1) is 23.6. The van der Waals surface area contributed by atoms with Crippen LogP contribution in [0, 0.1) is 5.82 Å². The molecule has 0 radical (unpaired) electrons. The summed E-state index contributed by atoms with van der Waals surface area (Å²) in [6.07, 6.45) is -5.81. The molecule has 2 aromatic rings. The minimum absolute atomic E-state index is 0.0234. The molecule has 7 nitrogen and oxygen atoms in total. The first-order valence-corrected chi connectivity index (χ1v) is 11.0. The van der Waals surface area contributed by atoms with E-state index < -0.39 is 44.5 Å². The van der Waals surface area contributed by atoms with Gasteiger partial charge < -0.3 is 15.2 Å². The molecule has 0 amide bonds. The smallest absolute Gasteiger partial charge is 0.419 e. The molecule has 12 heteroatoms. The van der Waals surface area contributed by atoms with Crippen molar-refractivity contribution in [3.05, 3.63) is 47.8 Å². The molecule has 0 saturated carbocycles. The largest absolute Gasteiger partial charge is 0.486 e. The molecule has 0 unspecified atom stereocenters. The standard InChI is InChI=1S/C20H20F4N2O5S/c1-2-30-19(27)8-4-13-11-26(17-9-12(25)3-7-18(17)31-13)32(28,29)14-5-6-16(21)15(10-14)20(22,23)24/h3,5-7,9-10,13H,2,4,8,11,25H2,1H3/t13-/m0/s1.